The number of ether oxygens (including phenoxy) is 1. The zero-order valence-electron chi connectivity index (χ0n) is 13.9. The zero-order chi connectivity index (χ0) is 17.4. The van der Waals surface area contributed by atoms with Crippen LogP contribution in [0.4, 0.5) is 0 Å². The minimum atomic E-state index is -0.151. The number of aldehydes is 1. The Morgan fingerprint density at radius 2 is 1.83 bits per heavy atom. The molecule has 2 aromatic carbocycles. The van der Waals surface area contributed by atoms with Gasteiger partial charge in [-0.1, -0.05) is 18.2 Å². The van der Waals surface area contributed by atoms with Crippen molar-refractivity contribution < 1.29 is 14.3 Å². The van der Waals surface area contributed by atoms with E-state index in [2.05, 4.69) is 5.32 Å². The summed E-state index contributed by atoms with van der Waals surface area (Å²) in [5.41, 5.74) is 2.31. The average Bonchev–Trinajstić information content (AvgIpc) is 2.58. The number of amides is 1. The van der Waals surface area contributed by atoms with E-state index >= 15 is 0 Å². The van der Waals surface area contributed by atoms with E-state index in [9.17, 15) is 9.59 Å². The number of nitrogens with one attached hydrogen (secondary N) is 1. The summed E-state index contributed by atoms with van der Waals surface area (Å²) in [5, 5.41) is 2.84. The monoisotopic (exact) mass is 343 g/mol. The van der Waals surface area contributed by atoms with Crippen molar-refractivity contribution in [3.05, 3.63) is 59.2 Å². The summed E-state index contributed by atoms with van der Waals surface area (Å²) in [6, 6.07) is 13.6. The molecule has 0 unspecified atom stereocenters. The van der Waals surface area contributed by atoms with Gasteiger partial charge in [0.05, 0.1) is 0 Å². The molecule has 0 bridgehead atoms. The highest BCUT2D eigenvalue weighted by molar-refractivity contribution is 7.99. The first-order valence-corrected chi connectivity index (χ1v) is 8.72. The van der Waals surface area contributed by atoms with Crippen LogP contribution in [0.15, 0.2) is 47.4 Å². The van der Waals surface area contributed by atoms with Gasteiger partial charge in [0.1, 0.15) is 12.0 Å². The molecule has 0 saturated heterocycles. The van der Waals surface area contributed by atoms with Crippen LogP contribution in [-0.4, -0.2) is 31.1 Å². The highest BCUT2D eigenvalue weighted by Gasteiger charge is 2.09. The van der Waals surface area contributed by atoms with Gasteiger partial charge in [0, 0.05) is 22.8 Å². The molecule has 0 heterocycles. The van der Waals surface area contributed by atoms with Crippen LogP contribution < -0.4 is 10.1 Å². The molecular formula is C19H21NO3S. The van der Waals surface area contributed by atoms with Gasteiger partial charge >= 0.3 is 0 Å². The van der Waals surface area contributed by atoms with Crippen molar-refractivity contribution in [2.45, 2.75) is 18.7 Å². The SMILES string of the molecule is Cc1cc(C=O)cc(C)c1OCC(=O)NCCSc1ccccc1. The molecule has 0 aliphatic heterocycles. The third-order valence-electron chi connectivity index (χ3n) is 3.40. The lowest BCUT2D eigenvalue weighted by Gasteiger charge is -2.12. The Balaban J connectivity index is 1.74. The van der Waals surface area contributed by atoms with Crippen LogP contribution in [0.3, 0.4) is 0 Å². The minimum absolute atomic E-state index is 0.0296. The highest BCUT2D eigenvalue weighted by Crippen LogP contribution is 2.24. The van der Waals surface area contributed by atoms with Crippen molar-refractivity contribution in [2.75, 3.05) is 18.9 Å². The molecule has 0 aliphatic rings. The molecule has 0 saturated carbocycles. The first kappa shape index (κ1) is 18.1. The van der Waals surface area contributed by atoms with Gasteiger partial charge in [0.2, 0.25) is 0 Å². The van der Waals surface area contributed by atoms with Gasteiger partial charge in [0.25, 0.3) is 5.91 Å². The molecule has 0 aliphatic carbocycles. The molecule has 0 aromatic heterocycles. The van der Waals surface area contributed by atoms with Crippen LogP contribution in [-0.2, 0) is 4.79 Å². The van der Waals surface area contributed by atoms with Crippen LogP contribution in [0, 0.1) is 13.8 Å². The van der Waals surface area contributed by atoms with E-state index in [1.54, 1.807) is 23.9 Å². The van der Waals surface area contributed by atoms with E-state index in [4.69, 9.17) is 4.74 Å². The van der Waals surface area contributed by atoms with Gasteiger partial charge in [-0.15, -0.1) is 11.8 Å². The predicted octanol–water partition coefficient (Wildman–Crippen LogP) is 3.40. The zero-order valence-corrected chi connectivity index (χ0v) is 14.7. The highest BCUT2D eigenvalue weighted by atomic mass is 32.2. The molecule has 0 fully saturated rings. The molecular weight excluding hydrogens is 322 g/mol. The standard InChI is InChI=1S/C19H21NO3S/c1-14-10-16(12-21)11-15(2)19(14)23-13-18(22)20-8-9-24-17-6-4-3-5-7-17/h3-7,10-12H,8-9,13H2,1-2H3,(H,20,22). The van der Waals surface area contributed by atoms with Gasteiger partial charge in [-0.25, -0.2) is 0 Å². The Morgan fingerprint density at radius 3 is 2.46 bits per heavy atom. The van der Waals surface area contributed by atoms with E-state index < -0.39 is 0 Å². The van der Waals surface area contributed by atoms with E-state index in [-0.39, 0.29) is 12.5 Å². The molecule has 126 valence electrons. The summed E-state index contributed by atoms with van der Waals surface area (Å²) >= 11 is 1.70. The second kappa shape index (κ2) is 9.13. The number of carbonyl (C=O) groups is 2. The van der Waals surface area contributed by atoms with Crippen LogP contribution in [0.25, 0.3) is 0 Å². The number of rotatable bonds is 8. The van der Waals surface area contributed by atoms with Crippen molar-refractivity contribution in [1.82, 2.24) is 5.32 Å². The Morgan fingerprint density at radius 1 is 1.17 bits per heavy atom. The van der Waals surface area contributed by atoms with E-state index in [1.165, 1.54) is 4.90 Å². The number of thioether (sulfide) groups is 1. The summed E-state index contributed by atoms with van der Waals surface area (Å²) in [6.07, 6.45) is 0.806. The van der Waals surface area contributed by atoms with Crippen LogP contribution >= 0.6 is 11.8 Å². The first-order chi connectivity index (χ1) is 11.6. The maximum atomic E-state index is 11.9. The number of benzene rings is 2. The molecule has 2 rings (SSSR count). The Hall–Kier alpha value is -2.27. The van der Waals surface area contributed by atoms with Crippen molar-refractivity contribution in [2.24, 2.45) is 0 Å². The minimum Gasteiger partial charge on any atom is -0.483 e. The second-order valence-electron chi connectivity index (χ2n) is 5.40. The fraction of sp³-hybridized carbons (Fsp3) is 0.263. The van der Waals surface area contributed by atoms with Crippen LogP contribution in [0.1, 0.15) is 21.5 Å². The molecule has 0 spiro atoms. The molecule has 4 nitrogen and oxygen atoms in total. The van der Waals surface area contributed by atoms with Crippen LogP contribution in [0.2, 0.25) is 0 Å². The van der Waals surface area contributed by atoms with Gasteiger partial charge in [0.15, 0.2) is 6.61 Å². The van der Waals surface area contributed by atoms with E-state index in [0.29, 0.717) is 17.9 Å². The molecule has 5 heteroatoms. The van der Waals surface area contributed by atoms with Gasteiger partial charge in [-0.2, -0.15) is 0 Å². The topological polar surface area (TPSA) is 55.4 Å². The maximum Gasteiger partial charge on any atom is 0.257 e. The maximum absolute atomic E-state index is 11.9. The number of aryl methyl sites for hydroxylation is 2. The fourth-order valence-corrected chi connectivity index (χ4v) is 3.13. The average molecular weight is 343 g/mol. The molecule has 0 atom stereocenters. The lowest BCUT2D eigenvalue weighted by atomic mass is 10.1. The summed E-state index contributed by atoms with van der Waals surface area (Å²) in [7, 11) is 0. The van der Waals surface area contributed by atoms with Crippen molar-refractivity contribution in [3.8, 4) is 5.75 Å². The predicted molar refractivity (Wildman–Crippen MR) is 97.0 cm³/mol. The van der Waals surface area contributed by atoms with E-state index in [0.717, 1.165) is 23.2 Å². The summed E-state index contributed by atoms with van der Waals surface area (Å²) in [5.74, 6) is 1.32. The number of carbonyl (C=O) groups excluding carboxylic acids is 2. The smallest absolute Gasteiger partial charge is 0.257 e. The van der Waals surface area contributed by atoms with Crippen molar-refractivity contribution in [1.29, 1.82) is 0 Å². The number of hydrogen-bond donors (Lipinski definition) is 1. The van der Waals surface area contributed by atoms with E-state index in [1.807, 2.05) is 44.2 Å². The normalized spacial score (nSPS) is 10.2. The number of hydrogen-bond acceptors (Lipinski definition) is 4. The third kappa shape index (κ3) is 5.42. The second-order valence-corrected chi connectivity index (χ2v) is 6.57. The summed E-state index contributed by atoms with van der Waals surface area (Å²) in [4.78, 5) is 23.9. The molecule has 0 radical (unpaired) electrons. The van der Waals surface area contributed by atoms with Gasteiger partial charge in [-0.05, 0) is 49.2 Å². The molecule has 1 N–H and O–H groups in total. The molecule has 24 heavy (non-hydrogen) atoms. The quantitative estimate of drug-likeness (QED) is 0.453. The summed E-state index contributed by atoms with van der Waals surface area (Å²) < 4.78 is 5.61. The lowest BCUT2D eigenvalue weighted by molar-refractivity contribution is -0.122. The van der Waals surface area contributed by atoms with Crippen LogP contribution in [0.5, 0.6) is 5.75 Å². The largest absolute Gasteiger partial charge is 0.483 e. The van der Waals surface area contributed by atoms with Crippen molar-refractivity contribution >= 4 is 24.0 Å². The fourth-order valence-electron chi connectivity index (χ4n) is 2.34. The molecule has 2 aromatic rings. The Kier molecular flexibility index (Phi) is 6.88. The third-order valence-corrected chi connectivity index (χ3v) is 4.42. The lowest BCUT2D eigenvalue weighted by Crippen LogP contribution is -2.30. The summed E-state index contributed by atoms with van der Waals surface area (Å²) in [6.45, 7) is 4.29. The first-order valence-electron chi connectivity index (χ1n) is 7.74. The van der Waals surface area contributed by atoms with Crippen molar-refractivity contribution in [3.63, 3.8) is 0 Å². The van der Waals surface area contributed by atoms with Gasteiger partial charge < -0.3 is 10.1 Å². The molecule has 1 amide bonds. The Labute approximate surface area is 146 Å². The Bertz CT molecular complexity index is 678. The van der Waals surface area contributed by atoms with Gasteiger partial charge in [-0.3, -0.25) is 9.59 Å².